The van der Waals surface area contributed by atoms with Gasteiger partial charge >= 0.3 is 0 Å². The van der Waals surface area contributed by atoms with E-state index in [1.165, 1.54) is 11.8 Å². The second kappa shape index (κ2) is 8.18. The molecule has 5 nitrogen and oxygen atoms in total. The van der Waals surface area contributed by atoms with Crippen LogP contribution in [0.5, 0.6) is 5.75 Å². The van der Waals surface area contributed by atoms with Gasteiger partial charge in [-0.3, -0.25) is 4.79 Å². The number of rotatable bonds is 5. The number of hydrogen-bond donors (Lipinski definition) is 1. The van der Waals surface area contributed by atoms with Gasteiger partial charge in [0.1, 0.15) is 5.75 Å². The van der Waals surface area contributed by atoms with Crippen LogP contribution in [0.1, 0.15) is 11.1 Å². The Kier molecular flexibility index (Phi) is 5.73. The molecule has 0 spiro atoms. The Morgan fingerprint density at radius 3 is 2.72 bits per heavy atom. The first-order valence-corrected chi connectivity index (χ1v) is 8.87. The number of amidine groups is 1. The molecule has 0 unspecified atom stereocenters. The van der Waals surface area contributed by atoms with Crippen molar-refractivity contribution in [3.63, 3.8) is 0 Å². The summed E-state index contributed by atoms with van der Waals surface area (Å²) in [5, 5.41) is 11.8. The van der Waals surface area contributed by atoms with E-state index in [-0.39, 0.29) is 11.2 Å². The standard InChI is InChI=1S/C18H16ClN3O2S/c1-24-14-8-6-12(7-9-14)11-20-22-18-21-17(23)16(25-18)10-13-4-2-3-5-15(13)19/h2-9,11,16H,10H2,1H3,(H,21,22,23)/b20-11-/t16-/m1/s1. The maximum absolute atomic E-state index is 12.1. The zero-order valence-corrected chi connectivity index (χ0v) is 15.1. The molecule has 1 aliphatic heterocycles. The van der Waals surface area contributed by atoms with Crippen molar-refractivity contribution in [3.8, 4) is 5.75 Å². The van der Waals surface area contributed by atoms with E-state index in [0.717, 1.165) is 16.9 Å². The number of nitrogens with one attached hydrogen (secondary N) is 1. The van der Waals surface area contributed by atoms with E-state index >= 15 is 0 Å². The highest BCUT2D eigenvalue weighted by molar-refractivity contribution is 8.15. The van der Waals surface area contributed by atoms with E-state index in [0.29, 0.717) is 16.6 Å². The maximum Gasteiger partial charge on any atom is 0.239 e. The Morgan fingerprint density at radius 1 is 1.24 bits per heavy atom. The lowest BCUT2D eigenvalue weighted by molar-refractivity contribution is -0.118. The largest absolute Gasteiger partial charge is 0.497 e. The zero-order valence-electron chi connectivity index (χ0n) is 13.5. The van der Waals surface area contributed by atoms with E-state index in [2.05, 4.69) is 15.5 Å². The molecular formula is C18H16ClN3O2S. The molecule has 0 saturated carbocycles. The predicted octanol–water partition coefficient (Wildman–Crippen LogP) is 3.51. The molecule has 0 bridgehead atoms. The lowest BCUT2D eigenvalue weighted by Gasteiger charge is -2.06. The Balaban J connectivity index is 1.62. The van der Waals surface area contributed by atoms with Gasteiger partial charge in [0.15, 0.2) is 5.17 Å². The summed E-state index contributed by atoms with van der Waals surface area (Å²) in [5.74, 6) is 0.702. The highest BCUT2D eigenvalue weighted by Crippen LogP contribution is 2.26. The highest BCUT2D eigenvalue weighted by atomic mass is 35.5. The Bertz CT molecular complexity index is 821. The minimum Gasteiger partial charge on any atom is -0.497 e. The number of carbonyl (C=O) groups is 1. The molecule has 1 N–H and O–H groups in total. The summed E-state index contributed by atoms with van der Waals surface area (Å²) in [6.45, 7) is 0. The fourth-order valence-electron chi connectivity index (χ4n) is 2.29. The average Bonchev–Trinajstić information content (AvgIpc) is 2.97. The Morgan fingerprint density at radius 2 is 2.00 bits per heavy atom. The van der Waals surface area contributed by atoms with Crippen molar-refractivity contribution >= 4 is 40.7 Å². The van der Waals surface area contributed by atoms with Crippen molar-refractivity contribution in [2.75, 3.05) is 7.11 Å². The number of benzene rings is 2. The summed E-state index contributed by atoms with van der Waals surface area (Å²) >= 11 is 7.52. The van der Waals surface area contributed by atoms with Crippen molar-refractivity contribution in [2.24, 2.45) is 10.2 Å². The van der Waals surface area contributed by atoms with E-state index in [9.17, 15) is 4.79 Å². The third kappa shape index (κ3) is 4.61. The molecule has 7 heteroatoms. The summed E-state index contributed by atoms with van der Waals surface area (Å²) < 4.78 is 5.10. The van der Waals surface area contributed by atoms with Gasteiger partial charge in [0.2, 0.25) is 5.91 Å². The number of carbonyl (C=O) groups excluding carboxylic acids is 1. The second-order valence-electron chi connectivity index (χ2n) is 5.31. The fourth-order valence-corrected chi connectivity index (χ4v) is 3.45. The molecule has 128 valence electrons. The van der Waals surface area contributed by atoms with Crippen LogP contribution >= 0.6 is 23.4 Å². The van der Waals surface area contributed by atoms with Gasteiger partial charge in [-0.15, -0.1) is 5.10 Å². The van der Waals surface area contributed by atoms with Crippen LogP contribution in [0.15, 0.2) is 58.7 Å². The molecule has 1 saturated heterocycles. The Labute approximate surface area is 155 Å². The first kappa shape index (κ1) is 17.5. The van der Waals surface area contributed by atoms with Crippen molar-refractivity contribution in [2.45, 2.75) is 11.7 Å². The molecule has 1 amide bonds. The minimum absolute atomic E-state index is 0.0803. The first-order valence-electron chi connectivity index (χ1n) is 7.61. The summed E-state index contributed by atoms with van der Waals surface area (Å²) in [6.07, 6.45) is 2.18. The number of amides is 1. The third-order valence-electron chi connectivity index (χ3n) is 3.61. The van der Waals surface area contributed by atoms with Crippen LogP contribution in [0.25, 0.3) is 0 Å². The van der Waals surface area contributed by atoms with Gasteiger partial charge in [-0.2, -0.15) is 5.10 Å². The van der Waals surface area contributed by atoms with E-state index in [4.69, 9.17) is 16.3 Å². The molecular weight excluding hydrogens is 358 g/mol. The number of thioether (sulfide) groups is 1. The summed E-state index contributed by atoms with van der Waals surface area (Å²) in [5.41, 5.74) is 1.84. The van der Waals surface area contributed by atoms with Crippen LogP contribution in [0.4, 0.5) is 0 Å². The molecule has 1 heterocycles. The van der Waals surface area contributed by atoms with Gasteiger partial charge < -0.3 is 10.1 Å². The van der Waals surface area contributed by atoms with Crippen molar-refractivity contribution in [1.29, 1.82) is 0 Å². The number of halogens is 1. The molecule has 0 radical (unpaired) electrons. The van der Waals surface area contributed by atoms with Gasteiger partial charge in [-0.1, -0.05) is 41.6 Å². The molecule has 1 atom stereocenters. The van der Waals surface area contributed by atoms with Crippen molar-refractivity contribution in [3.05, 3.63) is 64.7 Å². The SMILES string of the molecule is COc1ccc(/C=N\N=C2/NC(=O)[C@@H](Cc3ccccc3Cl)S2)cc1. The number of ether oxygens (including phenoxy) is 1. The van der Waals surface area contributed by atoms with Crippen LogP contribution in [0.2, 0.25) is 5.02 Å². The van der Waals surface area contributed by atoms with Gasteiger partial charge in [0.25, 0.3) is 0 Å². The summed E-state index contributed by atoms with van der Waals surface area (Å²) in [4.78, 5) is 12.1. The molecule has 1 aliphatic rings. The quantitative estimate of drug-likeness (QED) is 0.644. The zero-order chi connectivity index (χ0) is 17.6. The van der Waals surface area contributed by atoms with Crippen LogP contribution < -0.4 is 10.1 Å². The highest BCUT2D eigenvalue weighted by Gasteiger charge is 2.30. The molecule has 1 fully saturated rings. The predicted molar refractivity (Wildman–Crippen MR) is 103 cm³/mol. The van der Waals surface area contributed by atoms with Gasteiger partial charge in [-0.25, -0.2) is 0 Å². The average molecular weight is 374 g/mol. The summed E-state index contributed by atoms with van der Waals surface area (Å²) in [7, 11) is 1.62. The fraction of sp³-hybridized carbons (Fsp3) is 0.167. The minimum atomic E-state index is -0.255. The number of nitrogens with zero attached hydrogens (tertiary/aromatic N) is 2. The van der Waals surface area contributed by atoms with Crippen LogP contribution in [-0.4, -0.2) is 29.6 Å². The van der Waals surface area contributed by atoms with Crippen LogP contribution in [-0.2, 0) is 11.2 Å². The topological polar surface area (TPSA) is 63.1 Å². The molecule has 0 aliphatic carbocycles. The molecule has 0 aromatic heterocycles. The van der Waals surface area contributed by atoms with Crippen LogP contribution in [0, 0.1) is 0 Å². The van der Waals surface area contributed by atoms with Crippen LogP contribution in [0.3, 0.4) is 0 Å². The molecule has 2 aromatic rings. The molecule has 2 aromatic carbocycles. The molecule has 25 heavy (non-hydrogen) atoms. The van der Waals surface area contributed by atoms with Gasteiger partial charge in [-0.05, 0) is 47.9 Å². The monoisotopic (exact) mass is 373 g/mol. The summed E-state index contributed by atoms with van der Waals surface area (Å²) in [6, 6.07) is 15.0. The lowest BCUT2D eigenvalue weighted by atomic mass is 10.1. The van der Waals surface area contributed by atoms with Gasteiger partial charge in [0, 0.05) is 5.02 Å². The van der Waals surface area contributed by atoms with E-state index in [1.54, 1.807) is 13.3 Å². The van der Waals surface area contributed by atoms with E-state index < -0.39 is 0 Å². The van der Waals surface area contributed by atoms with E-state index in [1.807, 2.05) is 48.5 Å². The first-order chi connectivity index (χ1) is 12.2. The van der Waals surface area contributed by atoms with Gasteiger partial charge in [0.05, 0.1) is 18.6 Å². The smallest absolute Gasteiger partial charge is 0.239 e. The lowest BCUT2D eigenvalue weighted by Crippen LogP contribution is -2.26. The van der Waals surface area contributed by atoms with Crippen molar-refractivity contribution in [1.82, 2.24) is 5.32 Å². The van der Waals surface area contributed by atoms with Crippen molar-refractivity contribution < 1.29 is 9.53 Å². The number of hydrogen-bond acceptors (Lipinski definition) is 5. The second-order valence-corrected chi connectivity index (χ2v) is 6.91. The molecule has 3 rings (SSSR count). The number of methoxy groups -OCH3 is 1. The third-order valence-corrected chi connectivity index (χ3v) is 5.05. The normalized spacial score (nSPS) is 18.7. The Hall–Kier alpha value is -2.31. The maximum atomic E-state index is 12.1.